The van der Waals surface area contributed by atoms with Gasteiger partial charge in [-0.2, -0.15) is 4.68 Å². The summed E-state index contributed by atoms with van der Waals surface area (Å²) in [4.78, 5) is 15.4. The van der Waals surface area contributed by atoms with Crippen LogP contribution in [0.4, 0.5) is 0 Å². The third kappa shape index (κ3) is 3.31. The van der Waals surface area contributed by atoms with Crippen LogP contribution in [0, 0.1) is 18.8 Å². The fraction of sp³-hybridized carbons (Fsp3) is 0.364. The van der Waals surface area contributed by atoms with Crippen LogP contribution in [-0.2, 0) is 11.2 Å². The zero-order valence-corrected chi connectivity index (χ0v) is 16.4. The number of nitrogens with one attached hydrogen (secondary N) is 1. The predicted molar refractivity (Wildman–Crippen MR) is 108 cm³/mol. The molecule has 29 heavy (non-hydrogen) atoms. The van der Waals surface area contributed by atoms with Gasteiger partial charge in [-0.05, 0) is 46.5 Å². The topological polar surface area (TPSA) is 75.9 Å². The number of hydrogen-bond acceptors (Lipinski definition) is 5. The number of likely N-dealkylation sites (tertiary alicyclic amines) is 1. The Bertz CT molecular complexity index is 1000. The van der Waals surface area contributed by atoms with Gasteiger partial charge >= 0.3 is 0 Å². The first-order valence-electron chi connectivity index (χ1n) is 10.1. The van der Waals surface area contributed by atoms with Crippen LogP contribution in [0.1, 0.15) is 23.0 Å². The van der Waals surface area contributed by atoms with Gasteiger partial charge in [0.2, 0.25) is 5.91 Å². The number of nitrogens with zero attached hydrogens (tertiary/aromatic N) is 5. The number of hydrogen-bond donors (Lipinski definition) is 1. The molecular weight excluding hydrogens is 364 g/mol. The fourth-order valence-corrected chi connectivity index (χ4v) is 4.76. The van der Waals surface area contributed by atoms with E-state index in [0.717, 1.165) is 36.7 Å². The van der Waals surface area contributed by atoms with Crippen molar-refractivity contribution in [2.75, 3.05) is 19.6 Å². The highest BCUT2D eigenvalue weighted by Gasteiger charge is 2.46. The normalized spacial score (nSPS) is 23.3. The predicted octanol–water partition coefficient (Wildman–Crippen LogP) is 1.93. The van der Waals surface area contributed by atoms with Crippen molar-refractivity contribution in [3.8, 4) is 5.69 Å². The molecule has 3 aromatic rings. The summed E-state index contributed by atoms with van der Waals surface area (Å²) in [6, 6.07) is 18.5. The lowest BCUT2D eigenvalue weighted by Gasteiger charge is -2.28. The molecule has 2 fully saturated rings. The van der Waals surface area contributed by atoms with Gasteiger partial charge < -0.3 is 10.2 Å². The lowest BCUT2D eigenvalue weighted by Crippen LogP contribution is -2.35. The largest absolute Gasteiger partial charge is 0.335 e. The number of carbonyl (C=O) groups is 1. The first kappa shape index (κ1) is 18.0. The fourth-order valence-electron chi connectivity index (χ4n) is 4.76. The summed E-state index contributed by atoms with van der Waals surface area (Å²) < 4.78 is 1.69. The van der Waals surface area contributed by atoms with E-state index in [2.05, 4.69) is 50.0 Å². The van der Waals surface area contributed by atoms with Gasteiger partial charge in [-0.1, -0.05) is 42.5 Å². The Morgan fingerprint density at radius 1 is 1.10 bits per heavy atom. The number of benzene rings is 2. The van der Waals surface area contributed by atoms with E-state index in [1.54, 1.807) is 4.68 Å². The van der Waals surface area contributed by atoms with Gasteiger partial charge in [0.05, 0.1) is 18.2 Å². The lowest BCUT2D eigenvalue weighted by molar-refractivity contribution is -0.131. The first-order chi connectivity index (χ1) is 14.2. The summed E-state index contributed by atoms with van der Waals surface area (Å²) in [5.74, 6) is 1.96. The first-order valence-corrected chi connectivity index (χ1v) is 10.1. The highest BCUT2D eigenvalue weighted by atomic mass is 16.2. The second-order valence-electron chi connectivity index (χ2n) is 7.96. The summed E-state index contributed by atoms with van der Waals surface area (Å²) in [5.41, 5.74) is 3.14. The average molecular weight is 388 g/mol. The van der Waals surface area contributed by atoms with Crippen molar-refractivity contribution in [3.05, 3.63) is 71.5 Å². The van der Waals surface area contributed by atoms with Crippen molar-refractivity contribution >= 4 is 5.91 Å². The van der Waals surface area contributed by atoms with Crippen LogP contribution in [-0.4, -0.2) is 50.6 Å². The Balaban J connectivity index is 1.35. The highest BCUT2D eigenvalue weighted by Crippen LogP contribution is 2.42. The molecule has 2 aromatic carbocycles. The van der Waals surface area contributed by atoms with Gasteiger partial charge in [-0.15, -0.1) is 5.10 Å². The Morgan fingerprint density at radius 3 is 2.62 bits per heavy atom. The van der Waals surface area contributed by atoms with Crippen molar-refractivity contribution in [1.82, 2.24) is 30.4 Å². The van der Waals surface area contributed by atoms with Crippen LogP contribution < -0.4 is 5.32 Å². The van der Waals surface area contributed by atoms with E-state index in [1.807, 2.05) is 37.3 Å². The third-order valence-electron chi connectivity index (χ3n) is 6.19. The SMILES string of the molecule is Cc1nnnn1-c1ccc(CC(=O)N2C[C@@H]3CNC[C@@H]3[C@@H]2c2ccccc2)cc1. The Kier molecular flexibility index (Phi) is 4.60. The van der Waals surface area contributed by atoms with Crippen molar-refractivity contribution < 1.29 is 4.79 Å². The smallest absolute Gasteiger partial charge is 0.227 e. The number of aromatic nitrogens is 4. The molecule has 7 nitrogen and oxygen atoms in total. The Hall–Kier alpha value is -3.06. The summed E-state index contributed by atoms with van der Waals surface area (Å²) in [7, 11) is 0. The molecule has 0 bridgehead atoms. The molecule has 0 spiro atoms. The van der Waals surface area contributed by atoms with Crippen LogP contribution in [0.3, 0.4) is 0 Å². The number of carbonyl (C=O) groups excluding carboxylic acids is 1. The Morgan fingerprint density at radius 2 is 1.90 bits per heavy atom. The quantitative estimate of drug-likeness (QED) is 0.739. The molecule has 1 aromatic heterocycles. The van der Waals surface area contributed by atoms with Crippen molar-refractivity contribution in [2.45, 2.75) is 19.4 Å². The van der Waals surface area contributed by atoms with Crippen molar-refractivity contribution in [3.63, 3.8) is 0 Å². The lowest BCUT2D eigenvalue weighted by atomic mass is 9.89. The minimum absolute atomic E-state index is 0.159. The molecule has 3 heterocycles. The molecule has 0 aliphatic carbocycles. The van der Waals surface area contributed by atoms with Gasteiger partial charge in [0.25, 0.3) is 0 Å². The van der Waals surface area contributed by atoms with E-state index >= 15 is 0 Å². The maximum absolute atomic E-state index is 13.3. The number of tetrazole rings is 1. The highest BCUT2D eigenvalue weighted by molar-refractivity contribution is 5.80. The number of fused-ring (bicyclic) bond motifs is 1. The number of amides is 1. The average Bonchev–Trinajstić information content (AvgIpc) is 3.45. The van der Waals surface area contributed by atoms with E-state index in [9.17, 15) is 4.79 Å². The van der Waals surface area contributed by atoms with Gasteiger partial charge in [0.15, 0.2) is 5.82 Å². The minimum atomic E-state index is 0.159. The molecule has 2 aliphatic heterocycles. The zero-order chi connectivity index (χ0) is 19.8. The standard InChI is InChI=1S/C22H24N6O/c1-15-24-25-26-28(15)19-9-7-16(8-10-19)11-21(29)27-14-18-12-23-13-20(18)22(27)17-5-3-2-4-6-17/h2-10,18,20,22-23H,11-14H2,1H3/t18-,20-,22-/m0/s1. The van der Waals surface area contributed by atoms with Crippen LogP contribution in [0.15, 0.2) is 54.6 Å². The molecule has 3 atom stereocenters. The van der Waals surface area contributed by atoms with Crippen molar-refractivity contribution in [2.24, 2.45) is 11.8 Å². The van der Waals surface area contributed by atoms with Gasteiger partial charge in [-0.25, -0.2) is 0 Å². The molecule has 2 aliphatic rings. The molecule has 1 amide bonds. The maximum Gasteiger partial charge on any atom is 0.227 e. The minimum Gasteiger partial charge on any atom is -0.335 e. The van der Waals surface area contributed by atoms with Crippen LogP contribution in [0.2, 0.25) is 0 Å². The van der Waals surface area contributed by atoms with Gasteiger partial charge in [0.1, 0.15) is 0 Å². The molecule has 148 valence electrons. The van der Waals surface area contributed by atoms with Crippen LogP contribution >= 0.6 is 0 Å². The zero-order valence-electron chi connectivity index (χ0n) is 16.4. The second-order valence-corrected chi connectivity index (χ2v) is 7.96. The van der Waals surface area contributed by atoms with E-state index in [-0.39, 0.29) is 11.9 Å². The summed E-state index contributed by atoms with van der Waals surface area (Å²) in [6.07, 6.45) is 0.408. The van der Waals surface area contributed by atoms with E-state index in [4.69, 9.17) is 0 Å². The molecular formula is C22H24N6O. The third-order valence-corrected chi connectivity index (χ3v) is 6.19. The maximum atomic E-state index is 13.3. The molecule has 2 saturated heterocycles. The van der Waals surface area contributed by atoms with Crippen LogP contribution in [0.5, 0.6) is 0 Å². The monoisotopic (exact) mass is 388 g/mol. The molecule has 0 saturated carbocycles. The summed E-state index contributed by atoms with van der Waals surface area (Å²) >= 11 is 0. The number of rotatable bonds is 4. The van der Waals surface area contributed by atoms with E-state index in [1.165, 1.54) is 5.56 Å². The molecule has 0 radical (unpaired) electrons. The Labute approximate surface area is 169 Å². The van der Waals surface area contributed by atoms with Gasteiger partial charge in [-0.3, -0.25) is 4.79 Å². The van der Waals surface area contributed by atoms with E-state index in [0.29, 0.717) is 18.3 Å². The van der Waals surface area contributed by atoms with Crippen molar-refractivity contribution in [1.29, 1.82) is 0 Å². The van der Waals surface area contributed by atoms with Gasteiger partial charge in [0, 0.05) is 25.6 Å². The molecule has 1 N–H and O–H groups in total. The molecule has 0 unspecified atom stereocenters. The molecule has 5 rings (SSSR count). The molecule has 7 heteroatoms. The van der Waals surface area contributed by atoms with Crippen LogP contribution in [0.25, 0.3) is 5.69 Å². The summed E-state index contributed by atoms with van der Waals surface area (Å²) in [5, 5.41) is 15.1. The number of aryl methyl sites for hydroxylation is 1. The second kappa shape index (κ2) is 7.40. The summed E-state index contributed by atoms with van der Waals surface area (Å²) in [6.45, 7) is 4.67. The van der Waals surface area contributed by atoms with E-state index < -0.39 is 0 Å².